The first-order chi connectivity index (χ1) is 15.9. The molecule has 33 heavy (non-hydrogen) atoms. The van der Waals surface area contributed by atoms with Gasteiger partial charge < -0.3 is 10.1 Å². The van der Waals surface area contributed by atoms with E-state index in [1.165, 1.54) is 6.07 Å². The second-order valence-corrected chi connectivity index (χ2v) is 8.00. The molecule has 0 saturated heterocycles. The zero-order valence-corrected chi connectivity index (χ0v) is 18.6. The molecule has 0 spiro atoms. The molecule has 0 unspecified atom stereocenters. The molecule has 0 fully saturated rings. The Balaban J connectivity index is 1.38. The lowest BCUT2D eigenvalue weighted by molar-refractivity contribution is 0.102. The topological polar surface area (TPSA) is 56.2 Å². The van der Waals surface area contributed by atoms with Crippen LogP contribution in [0.15, 0.2) is 72.9 Å². The summed E-state index contributed by atoms with van der Waals surface area (Å²) in [7, 11) is 0. The SMILES string of the molecule is O=C(Nc1ccn(Cc2ccc(Cl)cc2Cl)n1)c1cccc(COc2ccc(F)cc2F)c1. The Labute approximate surface area is 198 Å². The van der Waals surface area contributed by atoms with Gasteiger partial charge in [-0.05, 0) is 47.5 Å². The van der Waals surface area contributed by atoms with Crippen LogP contribution in [0, 0.1) is 11.6 Å². The fourth-order valence-corrected chi connectivity index (χ4v) is 3.55. The number of hydrogen-bond donors (Lipinski definition) is 1. The summed E-state index contributed by atoms with van der Waals surface area (Å²) in [5.41, 5.74) is 1.87. The van der Waals surface area contributed by atoms with Crippen LogP contribution >= 0.6 is 23.2 Å². The Morgan fingerprint density at radius 1 is 1.03 bits per heavy atom. The number of amides is 1. The van der Waals surface area contributed by atoms with Gasteiger partial charge in [0.05, 0.1) is 6.54 Å². The maximum atomic E-state index is 13.7. The Kier molecular flexibility index (Phi) is 6.91. The van der Waals surface area contributed by atoms with Crippen molar-refractivity contribution in [2.24, 2.45) is 0 Å². The molecule has 1 heterocycles. The Morgan fingerprint density at radius 2 is 1.88 bits per heavy atom. The van der Waals surface area contributed by atoms with E-state index in [0.29, 0.717) is 33.5 Å². The van der Waals surface area contributed by atoms with E-state index in [-0.39, 0.29) is 18.3 Å². The van der Waals surface area contributed by atoms with Gasteiger partial charge in [-0.2, -0.15) is 5.10 Å². The molecule has 168 valence electrons. The first-order valence-electron chi connectivity index (χ1n) is 9.83. The van der Waals surface area contributed by atoms with Crippen molar-refractivity contribution >= 4 is 34.9 Å². The van der Waals surface area contributed by atoms with Gasteiger partial charge in [-0.25, -0.2) is 8.78 Å². The van der Waals surface area contributed by atoms with Crippen LogP contribution in [-0.4, -0.2) is 15.7 Å². The monoisotopic (exact) mass is 487 g/mol. The predicted octanol–water partition coefficient (Wildman–Crippen LogP) is 6.35. The van der Waals surface area contributed by atoms with Crippen LogP contribution in [0.5, 0.6) is 5.75 Å². The lowest BCUT2D eigenvalue weighted by Gasteiger charge is -2.09. The van der Waals surface area contributed by atoms with Gasteiger partial charge in [-0.1, -0.05) is 41.4 Å². The van der Waals surface area contributed by atoms with Crippen molar-refractivity contribution in [3.8, 4) is 5.75 Å². The number of aromatic nitrogens is 2. The quantitative estimate of drug-likeness (QED) is 0.330. The molecule has 3 aromatic carbocycles. The predicted molar refractivity (Wildman–Crippen MR) is 123 cm³/mol. The van der Waals surface area contributed by atoms with Gasteiger partial charge >= 0.3 is 0 Å². The molecule has 1 amide bonds. The van der Waals surface area contributed by atoms with Crippen molar-refractivity contribution < 1.29 is 18.3 Å². The molecule has 0 aliphatic rings. The lowest BCUT2D eigenvalue weighted by Crippen LogP contribution is -2.13. The molecular formula is C24H17Cl2F2N3O2. The minimum Gasteiger partial charge on any atom is -0.486 e. The first-order valence-corrected chi connectivity index (χ1v) is 10.6. The molecule has 0 atom stereocenters. The molecule has 0 bridgehead atoms. The van der Waals surface area contributed by atoms with Crippen molar-refractivity contribution in [2.45, 2.75) is 13.2 Å². The van der Waals surface area contributed by atoms with Crippen LogP contribution in [0.3, 0.4) is 0 Å². The number of anilines is 1. The van der Waals surface area contributed by atoms with Crippen LogP contribution in [0.1, 0.15) is 21.5 Å². The maximum Gasteiger partial charge on any atom is 0.256 e. The number of nitrogens with zero attached hydrogens (tertiary/aromatic N) is 2. The minimum absolute atomic E-state index is 0.0140. The fraction of sp³-hybridized carbons (Fsp3) is 0.0833. The summed E-state index contributed by atoms with van der Waals surface area (Å²) in [6.45, 7) is 0.429. The molecule has 1 N–H and O–H groups in total. The van der Waals surface area contributed by atoms with E-state index in [1.54, 1.807) is 53.3 Å². The van der Waals surface area contributed by atoms with Crippen molar-refractivity contribution in [2.75, 3.05) is 5.32 Å². The molecule has 9 heteroatoms. The Bertz CT molecular complexity index is 1310. The second kappa shape index (κ2) is 10.0. The van der Waals surface area contributed by atoms with Crippen LogP contribution in [0.4, 0.5) is 14.6 Å². The van der Waals surface area contributed by atoms with Gasteiger partial charge in [0.2, 0.25) is 0 Å². The van der Waals surface area contributed by atoms with E-state index in [0.717, 1.165) is 17.7 Å². The van der Waals surface area contributed by atoms with Crippen molar-refractivity contribution in [1.29, 1.82) is 0 Å². The fourth-order valence-electron chi connectivity index (χ4n) is 3.09. The van der Waals surface area contributed by atoms with Crippen molar-refractivity contribution in [3.05, 3.63) is 111 Å². The number of benzene rings is 3. The van der Waals surface area contributed by atoms with Gasteiger partial charge in [0.15, 0.2) is 17.4 Å². The summed E-state index contributed by atoms with van der Waals surface area (Å²) < 4.78 is 33.8. The normalized spacial score (nSPS) is 10.8. The van der Waals surface area contributed by atoms with E-state index in [9.17, 15) is 13.6 Å². The summed E-state index contributed by atoms with van der Waals surface area (Å²) in [6.07, 6.45) is 1.72. The highest BCUT2D eigenvalue weighted by Crippen LogP contribution is 2.22. The zero-order chi connectivity index (χ0) is 23.4. The average molecular weight is 488 g/mol. The van der Waals surface area contributed by atoms with E-state index in [4.69, 9.17) is 27.9 Å². The third-order valence-electron chi connectivity index (χ3n) is 4.71. The number of carbonyl (C=O) groups is 1. The summed E-state index contributed by atoms with van der Waals surface area (Å²) in [5, 5.41) is 8.16. The molecule has 0 radical (unpaired) electrons. The van der Waals surface area contributed by atoms with E-state index in [2.05, 4.69) is 10.4 Å². The van der Waals surface area contributed by atoms with Crippen LogP contribution in [0.25, 0.3) is 0 Å². The average Bonchev–Trinajstić information content (AvgIpc) is 3.22. The van der Waals surface area contributed by atoms with E-state index in [1.807, 2.05) is 6.07 Å². The lowest BCUT2D eigenvalue weighted by atomic mass is 10.1. The van der Waals surface area contributed by atoms with Crippen molar-refractivity contribution in [1.82, 2.24) is 9.78 Å². The molecule has 4 rings (SSSR count). The maximum absolute atomic E-state index is 13.7. The van der Waals surface area contributed by atoms with Gasteiger partial charge in [0.25, 0.3) is 5.91 Å². The molecule has 0 saturated carbocycles. The summed E-state index contributed by atoms with van der Waals surface area (Å²) in [5.74, 6) is -1.53. The van der Waals surface area contributed by atoms with Crippen LogP contribution < -0.4 is 10.1 Å². The summed E-state index contributed by atoms with van der Waals surface area (Å²) in [4.78, 5) is 12.7. The first kappa shape index (κ1) is 22.8. The molecule has 0 aliphatic carbocycles. The Morgan fingerprint density at radius 3 is 2.67 bits per heavy atom. The van der Waals surface area contributed by atoms with Crippen molar-refractivity contribution in [3.63, 3.8) is 0 Å². The highest BCUT2D eigenvalue weighted by molar-refractivity contribution is 6.35. The third-order valence-corrected chi connectivity index (χ3v) is 5.29. The number of halogens is 4. The highest BCUT2D eigenvalue weighted by Gasteiger charge is 2.11. The van der Waals surface area contributed by atoms with E-state index >= 15 is 0 Å². The zero-order valence-electron chi connectivity index (χ0n) is 17.1. The number of rotatable bonds is 7. The summed E-state index contributed by atoms with van der Waals surface area (Å²) >= 11 is 12.1. The number of nitrogens with one attached hydrogen (secondary N) is 1. The van der Waals surface area contributed by atoms with Gasteiger partial charge in [-0.3, -0.25) is 9.48 Å². The van der Waals surface area contributed by atoms with Crippen LogP contribution in [-0.2, 0) is 13.2 Å². The standard InChI is InChI=1S/C24H17Cl2F2N3O2/c25-18-5-4-17(20(26)11-18)13-31-9-8-23(30-31)29-24(32)16-3-1-2-15(10-16)14-33-22-7-6-19(27)12-21(22)28/h1-12H,13-14H2,(H,29,30,32). The largest absolute Gasteiger partial charge is 0.486 e. The van der Waals surface area contributed by atoms with E-state index < -0.39 is 11.6 Å². The molecule has 1 aromatic heterocycles. The highest BCUT2D eigenvalue weighted by atomic mass is 35.5. The molecule has 4 aromatic rings. The number of carbonyl (C=O) groups excluding carboxylic acids is 1. The molecular weight excluding hydrogens is 471 g/mol. The van der Waals surface area contributed by atoms with Gasteiger partial charge in [0, 0.05) is 33.9 Å². The third kappa shape index (κ3) is 5.88. The smallest absolute Gasteiger partial charge is 0.256 e. The number of ether oxygens (including phenoxy) is 1. The number of hydrogen-bond acceptors (Lipinski definition) is 3. The minimum atomic E-state index is -0.792. The molecule has 5 nitrogen and oxygen atoms in total. The summed E-state index contributed by atoms with van der Waals surface area (Å²) in [6, 6.07) is 16.7. The second-order valence-electron chi connectivity index (χ2n) is 7.15. The van der Waals surface area contributed by atoms with Gasteiger partial charge in [-0.15, -0.1) is 0 Å². The van der Waals surface area contributed by atoms with Crippen LogP contribution in [0.2, 0.25) is 10.0 Å². The van der Waals surface area contributed by atoms with Gasteiger partial charge in [0.1, 0.15) is 12.4 Å². The molecule has 0 aliphatic heterocycles. The Hall–Kier alpha value is -3.42.